The van der Waals surface area contributed by atoms with Crippen LogP contribution in [0.25, 0.3) is 0 Å². The largest absolute Gasteiger partial charge is 0.492 e. The summed E-state index contributed by atoms with van der Waals surface area (Å²) in [6.45, 7) is 3.73. The molecule has 0 aliphatic carbocycles. The summed E-state index contributed by atoms with van der Waals surface area (Å²) in [5.74, 6) is 0.424. The molecule has 3 rings (SSSR count). The highest BCUT2D eigenvalue weighted by molar-refractivity contribution is 7.99. The number of aliphatic hydroxyl groups excluding tert-OH is 4. The predicted octanol–water partition coefficient (Wildman–Crippen LogP) is 2.29. The van der Waals surface area contributed by atoms with Crippen molar-refractivity contribution >= 4 is 29.3 Å². The minimum Gasteiger partial charge on any atom is -0.492 e. The zero-order valence-corrected chi connectivity index (χ0v) is 22.1. The molecule has 2 aromatic rings. The first-order valence-corrected chi connectivity index (χ1v) is 13.4. The molecule has 8 nitrogen and oxygen atoms in total. The molecule has 1 aliphatic heterocycles. The molecule has 0 spiro atoms. The number of nitrogens with one attached hydrogen (secondary N) is 1. The van der Waals surface area contributed by atoms with Gasteiger partial charge >= 0.3 is 0 Å². The Bertz CT molecular complexity index is 1020. The summed E-state index contributed by atoms with van der Waals surface area (Å²) in [7, 11) is 0. The third kappa shape index (κ3) is 6.92. The van der Waals surface area contributed by atoms with Crippen molar-refractivity contribution in [1.29, 1.82) is 0 Å². The van der Waals surface area contributed by atoms with Gasteiger partial charge in [0.05, 0.1) is 18.6 Å². The smallest absolute Gasteiger partial charge is 0.228 e. The Morgan fingerprint density at radius 3 is 2.44 bits per heavy atom. The second-order valence-corrected chi connectivity index (χ2v) is 10.8. The van der Waals surface area contributed by atoms with Crippen LogP contribution in [0.3, 0.4) is 0 Å². The fraction of sp³-hybridized carbons (Fsp3) is 0.500. The normalized spacial score (nSPS) is 24.4. The molecule has 0 bridgehead atoms. The van der Waals surface area contributed by atoms with Gasteiger partial charge in [-0.3, -0.25) is 4.79 Å². The van der Waals surface area contributed by atoms with Crippen LogP contribution in [0, 0.1) is 5.41 Å². The molecule has 10 heteroatoms. The van der Waals surface area contributed by atoms with E-state index in [1.807, 2.05) is 30.3 Å². The van der Waals surface area contributed by atoms with Gasteiger partial charge in [0.15, 0.2) is 0 Å². The van der Waals surface area contributed by atoms with Crippen LogP contribution in [0.4, 0.5) is 0 Å². The highest BCUT2D eigenvalue weighted by Gasteiger charge is 2.44. The number of hydrogen-bond acceptors (Lipinski definition) is 8. The Morgan fingerprint density at radius 2 is 1.81 bits per heavy atom. The van der Waals surface area contributed by atoms with E-state index in [-0.39, 0.29) is 12.5 Å². The fourth-order valence-corrected chi connectivity index (χ4v) is 4.65. The average molecular weight is 540 g/mol. The number of carbonyl (C=O) groups is 1. The zero-order valence-electron chi connectivity index (χ0n) is 20.6. The number of amides is 1. The van der Waals surface area contributed by atoms with Gasteiger partial charge in [-0.15, -0.1) is 11.8 Å². The number of halogens is 1. The van der Waals surface area contributed by atoms with Crippen molar-refractivity contribution in [3.63, 3.8) is 0 Å². The van der Waals surface area contributed by atoms with Crippen LogP contribution in [0.15, 0.2) is 42.5 Å². The second-order valence-electron chi connectivity index (χ2n) is 9.45. The molecule has 198 valence electrons. The zero-order chi connectivity index (χ0) is 26.5. The van der Waals surface area contributed by atoms with E-state index in [1.165, 1.54) is 11.8 Å². The van der Waals surface area contributed by atoms with Gasteiger partial charge in [-0.05, 0) is 61.4 Å². The lowest BCUT2D eigenvalue weighted by Gasteiger charge is -2.40. The van der Waals surface area contributed by atoms with Gasteiger partial charge < -0.3 is 35.2 Å². The number of hydrogen-bond donors (Lipinski definition) is 5. The van der Waals surface area contributed by atoms with Crippen LogP contribution in [0.1, 0.15) is 36.6 Å². The van der Waals surface area contributed by atoms with Crippen LogP contribution in [0.2, 0.25) is 5.02 Å². The average Bonchev–Trinajstić information content (AvgIpc) is 2.87. The Morgan fingerprint density at radius 1 is 1.11 bits per heavy atom. The van der Waals surface area contributed by atoms with Gasteiger partial charge in [-0.25, -0.2) is 0 Å². The van der Waals surface area contributed by atoms with Crippen LogP contribution >= 0.6 is 23.4 Å². The van der Waals surface area contributed by atoms with Crippen molar-refractivity contribution in [2.45, 2.75) is 50.1 Å². The van der Waals surface area contributed by atoms with E-state index < -0.39 is 35.3 Å². The minimum atomic E-state index is -1.32. The van der Waals surface area contributed by atoms with Gasteiger partial charge in [-0.1, -0.05) is 35.9 Å². The fourth-order valence-electron chi connectivity index (χ4n) is 3.79. The summed E-state index contributed by atoms with van der Waals surface area (Å²) in [6, 6.07) is 12.8. The summed E-state index contributed by atoms with van der Waals surface area (Å²) < 4.78 is 11.6. The van der Waals surface area contributed by atoms with Crippen LogP contribution in [-0.4, -0.2) is 76.1 Å². The van der Waals surface area contributed by atoms with E-state index in [2.05, 4.69) is 5.32 Å². The first kappa shape index (κ1) is 28.7. The maximum Gasteiger partial charge on any atom is 0.228 e. The molecule has 1 amide bonds. The number of rotatable bonds is 10. The summed E-state index contributed by atoms with van der Waals surface area (Å²) in [6.07, 6.45) is -2.27. The third-order valence-electron chi connectivity index (χ3n) is 6.18. The van der Waals surface area contributed by atoms with Gasteiger partial charge in [0.25, 0.3) is 0 Å². The maximum atomic E-state index is 12.0. The molecule has 36 heavy (non-hydrogen) atoms. The summed E-state index contributed by atoms with van der Waals surface area (Å²) in [5.41, 5.74) is 0.989. The molecule has 0 saturated carbocycles. The van der Waals surface area contributed by atoms with E-state index in [0.717, 1.165) is 11.1 Å². The van der Waals surface area contributed by atoms with Gasteiger partial charge in [0.1, 0.15) is 42.2 Å². The quantitative estimate of drug-likeness (QED) is 0.291. The Balaban J connectivity index is 1.61. The van der Waals surface area contributed by atoms with E-state index in [0.29, 0.717) is 35.9 Å². The molecule has 1 saturated heterocycles. The minimum absolute atomic E-state index is 0.230. The number of aliphatic hydroxyl groups is 4. The predicted molar refractivity (Wildman–Crippen MR) is 139 cm³/mol. The monoisotopic (exact) mass is 539 g/mol. The van der Waals surface area contributed by atoms with Gasteiger partial charge in [0.2, 0.25) is 5.91 Å². The molecule has 1 fully saturated rings. The number of ether oxygens (including phenoxy) is 2. The standard InChI is InChI=1S/C26H34ClNO7S/c1-26(2,14-29)25(33)28-10-11-34-18-7-4-15(5-8-18)12-17-13-16(6-9-19(17)27)23-21(31)20(30)22(32)24(35-23)36-3/h4-9,13,20-24,29-32H,10-12,14H2,1-3H3,(H,28,33)/t20-,21-,22+,23+,24-/m1/s1. The van der Waals surface area contributed by atoms with Crippen LogP contribution in [-0.2, 0) is 16.0 Å². The lowest BCUT2D eigenvalue weighted by molar-refractivity contribution is -0.200. The number of thioether (sulfide) groups is 1. The Labute approximate surface area is 220 Å². The molecule has 5 atom stereocenters. The van der Waals surface area contributed by atoms with Crippen molar-refractivity contribution in [2.75, 3.05) is 26.0 Å². The molecular weight excluding hydrogens is 506 g/mol. The molecule has 2 aromatic carbocycles. The summed E-state index contributed by atoms with van der Waals surface area (Å²) in [5, 5.41) is 43.4. The third-order valence-corrected chi connectivity index (χ3v) is 7.41. The van der Waals surface area contributed by atoms with Crippen molar-refractivity contribution in [2.24, 2.45) is 5.41 Å². The van der Waals surface area contributed by atoms with Crippen LogP contribution in [0.5, 0.6) is 5.75 Å². The Kier molecular flexibility index (Phi) is 10.1. The van der Waals surface area contributed by atoms with Crippen molar-refractivity contribution in [3.8, 4) is 5.75 Å². The van der Waals surface area contributed by atoms with E-state index in [9.17, 15) is 25.2 Å². The maximum absolute atomic E-state index is 12.0. The topological polar surface area (TPSA) is 128 Å². The molecule has 5 N–H and O–H groups in total. The molecule has 1 heterocycles. The highest BCUT2D eigenvalue weighted by atomic mass is 35.5. The Hall–Kier alpha value is -1.85. The first-order valence-electron chi connectivity index (χ1n) is 11.7. The highest BCUT2D eigenvalue weighted by Crippen LogP contribution is 2.37. The van der Waals surface area contributed by atoms with E-state index in [1.54, 1.807) is 32.2 Å². The van der Waals surface area contributed by atoms with Gasteiger partial charge in [-0.2, -0.15) is 0 Å². The first-order chi connectivity index (χ1) is 17.1. The lowest BCUT2D eigenvalue weighted by Crippen LogP contribution is -2.52. The van der Waals surface area contributed by atoms with Crippen LogP contribution < -0.4 is 10.1 Å². The molecule has 0 aromatic heterocycles. The van der Waals surface area contributed by atoms with E-state index in [4.69, 9.17) is 21.1 Å². The number of carbonyl (C=O) groups excluding carboxylic acids is 1. The molecule has 1 aliphatic rings. The molecule has 0 unspecified atom stereocenters. The van der Waals surface area contributed by atoms with Crippen molar-refractivity contribution in [1.82, 2.24) is 5.32 Å². The molecular formula is C26H34ClNO7S. The number of benzene rings is 2. The summed E-state index contributed by atoms with van der Waals surface area (Å²) in [4.78, 5) is 12.0. The second kappa shape index (κ2) is 12.6. The van der Waals surface area contributed by atoms with Gasteiger partial charge in [0, 0.05) is 5.02 Å². The SMILES string of the molecule is CS[C@H]1O[C@@H](c2ccc(Cl)c(Cc3ccc(OCCNC(=O)C(C)(C)CO)cc3)c2)[C@H](O)[C@@H](O)[C@@H]1O. The summed E-state index contributed by atoms with van der Waals surface area (Å²) >= 11 is 7.71. The lowest BCUT2D eigenvalue weighted by atomic mass is 9.92. The van der Waals surface area contributed by atoms with Crippen molar-refractivity contribution < 1.29 is 34.7 Å². The van der Waals surface area contributed by atoms with Crippen molar-refractivity contribution in [3.05, 3.63) is 64.2 Å². The molecule has 0 radical (unpaired) electrons. The van der Waals surface area contributed by atoms with E-state index >= 15 is 0 Å².